The van der Waals surface area contributed by atoms with Gasteiger partial charge in [0.15, 0.2) is 5.75 Å². The van der Waals surface area contributed by atoms with E-state index in [4.69, 9.17) is 4.74 Å². The van der Waals surface area contributed by atoms with E-state index in [2.05, 4.69) is 25.6 Å². The number of rotatable bonds is 7. The predicted octanol–water partition coefficient (Wildman–Crippen LogP) is 4.53. The Labute approximate surface area is 173 Å². The summed E-state index contributed by atoms with van der Waals surface area (Å²) < 4.78 is 5.87. The Balaban J connectivity index is 1.40. The summed E-state index contributed by atoms with van der Waals surface area (Å²) in [6, 6.07) is 20.4. The van der Waals surface area contributed by atoms with Crippen molar-refractivity contribution >= 4 is 17.4 Å². The Morgan fingerprint density at radius 3 is 2.47 bits per heavy atom. The van der Waals surface area contributed by atoms with E-state index in [1.54, 1.807) is 24.5 Å². The molecule has 2 aromatic carbocycles. The summed E-state index contributed by atoms with van der Waals surface area (Å²) >= 11 is 0. The van der Waals surface area contributed by atoms with Crippen LogP contribution in [0.3, 0.4) is 0 Å². The number of aromatic nitrogens is 3. The Hall–Kier alpha value is -4.26. The van der Waals surface area contributed by atoms with Gasteiger partial charge in [-0.3, -0.25) is 9.78 Å². The molecular weight excluding hydrogens is 378 g/mol. The normalized spacial score (nSPS) is 10.3. The molecule has 4 rings (SSSR count). The number of anilines is 2. The van der Waals surface area contributed by atoms with Gasteiger partial charge in [0, 0.05) is 18.9 Å². The van der Waals surface area contributed by atoms with Crippen LogP contribution in [0.25, 0.3) is 0 Å². The highest BCUT2D eigenvalue weighted by Crippen LogP contribution is 2.29. The van der Waals surface area contributed by atoms with Crippen LogP contribution < -0.4 is 15.4 Å². The minimum atomic E-state index is -0.370. The first-order valence-electron chi connectivity index (χ1n) is 9.36. The van der Waals surface area contributed by atoms with Crippen molar-refractivity contribution in [3.8, 4) is 11.5 Å². The van der Waals surface area contributed by atoms with Crippen molar-refractivity contribution in [2.24, 2.45) is 0 Å². The minimum absolute atomic E-state index is 0.205. The van der Waals surface area contributed by atoms with E-state index in [1.165, 1.54) is 12.4 Å². The minimum Gasteiger partial charge on any atom is -0.455 e. The molecule has 1 amide bonds. The van der Waals surface area contributed by atoms with E-state index in [0.29, 0.717) is 29.5 Å². The number of nitrogens with zero attached hydrogens (tertiary/aromatic N) is 3. The molecule has 0 fully saturated rings. The van der Waals surface area contributed by atoms with Crippen LogP contribution in [0, 0.1) is 0 Å². The van der Waals surface area contributed by atoms with Gasteiger partial charge < -0.3 is 15.4 Å². The largest absolute Gasteiger partial charge is 0.455 e. The Kier molecular flexibility index (Phi) is 5.91. The first kappa shape index (κ1) is 19.1. The number of carbonyl (C=O) groups is 1. The first-order chi connectivity index (χ1) is 14.8. The van der Waals surface area contributed by atoms with Crippen molar-refractivity contribution in [2.45, 2.75) is 6.54 Å². The van der Waals surface area contributed by atoms with E-state index >= 15 is 0 Å². The average Bonchev–Trinajstić information content (AvgIpc) is 2.81. The zero-order chi connectivity index (χ0) is 20.6. The van der Waals surface area contributed by atoms with E-state index in [0.717, 1.165) is 5.56 Å². The molecule has 30 heavy (non-hydrogen) atoms. The molecule has 0 atom stereocenters. The molecule has 0 aliphatic heterocycles. The Bertz CT molecular complexity index is 1100. The molecule has 0 unspecified atom stereocenters. The number of nitrogens with one attached hydrogen (secondary N) is 2. The molecule has 4 aromatic rings. The highest BCUT2D eigenvalue weighted by atomic mass is 16.5. The third-order valence-electron chi connectivity index (χ3n) is 4.19. The molecule has 0 bridgehead atoms. The summed E-state index contributed by atoms with van der Waals surface area (Å²) in [5, 5.41) is 5.98. The number of carbonyl (C=O) groups excluding carboxylic acids is 1. The molecule has 0 radical (unpaired) electrons. The van der Waals surface area contributed by atoms with Crippen LogP contribution in [-0.2, 0) is 6.54 Å². The van der Waals surface area contributed by atoms with Crippen LogP contribution in [0.15, 0.2) is 91.5 Å². The summed E-state index contributed by atoms with van der Waals surface area (Å²) in [4.78, 5) is 25.1. The Morgan fingerprint density at radius 1 is 0.867 bits per heavy atom. The lowest BCUT2D eigenvalue weighted by atomic mass is 10.2. The van der Waals surface area contributed by atoms with Gasteiger partial charge in [0.2, 0.25) is 0 Å². The van der Waals surface area contributed by atoms with Crippen LogP contribution in [0.4, 0.5) is 11.5 Å². The fourth-order valence-electron chi connectivity index (χ4n) is 2.69. The quantitative estimate of drug-likeness (QED) is 0.476. The fraction of sp³-hybridized carbons (Fsp3) is 0.0435. The summed E-state index contributed by atoms with van der Waals surface area (Å²) in [6.45, 7) is 0.568. The highest BCUT2D eigenvalue weighted by molar-refractivity contribution is 6.03. The highest BCUT2D eigenvalue weighted by Gasteiger charge is 2.12. The van der Waals surface area contributed by atoms with Gasteiger partial charge in [-0.15, -0.1) is 0 Å². The Morgan fingerprint density at radius 2 is 1.70 bits per heavy atom. The third kappa shape index (κ3) is 4.96. The van der Waals surface area contributed by atoms with Crippen molar-refractivity contribution in [1.82, 2.24) is 15.0 Å². The smallest absolute Gasteiger partial charge is 0.275 e. The van der Waals surface area contributed by atoms with Gasteiger partial charge >= 0.3 is 0 Å². The summed E-state index contributed by atoms with van der Waals surface area (Å²) in [5.74, 6) is 1.43. The van der Waals surface area contributed by atoms with Gasteiger partial charge in [-0.2, -0.15) is 0 Å². The van der Waals surface area contributed by atoms with Crippen LogP contribution in [0.2, 0.25) is 0 Å². The summed E-state index contributed by atoms with van der Waals surface area (Å²) in [5.41, 5.74) is 1.78. The second-order valence-corrected chi connectivity index (χ2v) is 6.37. The van der Waals surface area contributed by atoms with Gasteiger partial charge in [0.1, 0.15) is 17.3 Å². The molecule has 0 aliphatic carbocycles. The van der Waals surface area contributed by atoms with Crippen molar-refractivity contribution in [3.05, 3.63) is 103 Å². The maximum Gasteiger partial charge on any atom is 0.275 e. The number of hydrogen-bond acceptors (Lipinski definition) is 6. The fourth-order valence-corrected chi connectivity index (χ4v) is 2.69. The number of para-hydroxylation sites is 3. The predicted molar refractivity (Wildman–Crippen MR) is 115 cm³/mol. The topological polar surface area (TPSA) is 89.0 Å². The second kappa shape index (κ2) is 9.29. The monoisotopic (exact) mass is 397 g/mol. The first-order valence-corrected chi connectivity index (χ1v) is 9.36. The third-order valence-corrected chi connectivity index (χ3v) is 4.19. The van der Waals surface area contributed by atoms with E-state index < -0.39 is 0 Å². The lowest BCUT2D eigenvalue weighted by Crippen LogP contribution is -2.15. The van der Waals surface area contributed by atoms with Gasteiger partial charge in [-0.25, -0.2) is 9.97 Å². The molecule has 7 nitrogen and oxygen atoms in total. The van der Waals surface area contributed by atoms with Crippen molar-refractivity contribution in [1.29, 1.82) is 0 Å². The van der Waals surface area contributed by atoms with Gasteiger partial charge in [-0.1, -0.05) is 36.4 Å². The number of hydrogen-bond donors (Lipinski definition) is 2. The van der Waals surface area contributed by atoms with E-state index in [-0.39, 0.29) is 11.6 Å². The number of benzene rings is 2. The summed E-state index contributed by atoms with van der Waals surface area (Å²) in [6.07, 6.45) is 6.45. The van der Waals surface area contributed by atoms with Crippen LogP contribution in [0.1, 0.15) is 16.1 Å². The SMILES string of the molecule is O=C(Nc1ccccc1Oc1ccccc1)c1cnc(NCc2cccnc2)cn1. The van der Waals surface area contributed by atoms with Gasteiger partial charge in [-0.05, 0) is 35.9 Å². The zero-order valence-corrected chi connectivity index (χ0v) is 16.0. The molecule has 7 heteroatoms. The van der Waals surface area contributed by atoms with Gasteiger partial charge in [0.05, 0.1) is 18.1 Å². The number of amides is 1. The molecule has 2 aromatic heterocycles. The summed E-state index contributed by atoms with van der Waals surface area (Å²) in [7, 11) is 0. The van der Waals surface area contributed by atoms with Crippen molar-refractivity contribution < 1.29 is 9.53 Å². The standard InChI is InChI=1S/C23H19N5O2/c29-23(20-15-27-22(16-25-20)26-14-17-7-6-12-24-13-17)28-19-10-4-5-11-21(19)30-18-8-2-1-3-9-18/h1-13,15-16H,14H2,(H,26,27)(H,28,29). The number of pyridine rings is 1. The van der Waals surface area contributed by atoms with Crippen molar-refractivity contribution in [3.63, 3.8) is 0 Å². The van der Waals surface area contributed by atoms with Crippen LogP contribution >= 0.6 is 0 Å². The van der Waals surface area contributed by atoms with Crippen LogP contribution in [-0.4, -0.2) is 20.9 Å². The lowest BCUT2D eigenvalue weighted by molar-refractivity contribution is 0.102. The molecular formula is C23H19N5O2. The second-order valence-electron chi connectivity index (χ2n) is 6.37. The zero-order valence-electron chi connectivity index (χ0n) is 16.0. The molecule has 148 valence electrons. The maximum absolute atomic E-state index is 12.6. The van der Waals surface area contributed by atoms with E-state index in [1.807, 2.05) is 54.6 Å². The molecule has 2 N–H and O–H groups in total. The maximum atomic E-state index is 12.6. The van der Waals surface area contributed by atoms with Gasteiger partial charge in [0.25, 0.3) is 5.91 Å². The lowest BCUT2D eigenvalue weighted by Gasteiger charge is -2.12. The van der Waals surface area contributed by atoms with Crippen LogP contribution in [0.5, 0.6) is 11.5 Å². The molecule has 0 spiro atoms. The molecule has 2 heterocycles. The number of ether oxygens (including phenoxy) is 1. The molecule has 0 saturated carbocycles. The molecule has 0 saturated heterocycles. The van der Waals surface area contributed by atoms with Crippen molar-refractivity contribution in [2.75, 3.05) is 10.6 Å². The van der Waals surface area contributed by atoms with E-state index in [9.17, 15) is 4.79 Å². The molecule has 0 aliphatic rings. The average molecular weight is 397 g/mol.